The molecule has 0 fully saturated rings. The van der Waals surface area contributed by atoms with Crippen LogP contribution in [0.15, 0.2) is 69.9 Å². The maximum atomic E-state index is 12.7. The summed E-state index contributed by atoms with van der Waals surface area (Å²) in [6.45, 7) is 2.39. The zero-order valence-corrected chi connectivity index (χ0v) is 14.8. The first-order chi connectivity index (χ1) is 12.6. The van der Waals surface area contributed by atoms with E-state index in [0.29, 0.717) is 23.1 Å². The van der Waals surface area contributed by atoms with Crippen molar-refractivity contribution in [1.29, 1.82) is 0 Å². The highest BCUT2D eigenvalue weighted by atomic mass is 35.5. The molecular weight excluding hydrogens is 350 g/mol. The SMILES string of the molecule is Cc1ccc2c(C(=O)NCc3ccoc3)oc(-c3ccc(Cl)cc3)c2c1. The first-order valence-electron chi connectivity index (χ1n) is 8.20. The second-order valence-electron chi connectivity index (χ2n) is 6.13. The molecule has 4 aromatic rings. The van der Waals surface area contributed by atoms with Gasteiger partial charge in [0.1, 0.15) is 5.76 Å². The molecule has 2 aromatic heterocycles. The maximum Gasteiger partial charge on any atom is 0.287 e. The molecule has 1 amide bonds. The van der Waals surface area contributed by atoms with Crippen LogP contribution >= 0.6 is 11.6 Å². The fourth-order valence-electron chi connectivity index (χ4n) is 2.90. The molecule has 0 unspecified atom stereocenters. The summed E-state index contributed by atoms with van der Waals surface area (Å²) in [5.41, 5.74) is 2.86. The third kappa shape index (κ3) is 3.11. The smallest absolute Gasteiger partial charge is 0.287 e. The Morgan fingerprint density at radius 1 is 1.08 bits per heavy atom. The van der Waals surface area contributed by atoms with Crippen LogP contribution in [-0.2, 0) is 6.54 Å². The minimum Gasteiger partial charge on any atom is -0.472 e. The fourth-order valence-corrected chi connectivity index (χ4v) is 3.02. The van der Waals surface area contributed by atoms with Crippen LogP contribution in [0.2, 0.25) is 5.02 Å². The van der Waals surface area contributed by atoms with Crippen molar-refractivity contribution in [3.63, 3.8) is 0 Å². The quantitative estimate of drug-likeness (QED) is 0.513. The van der Waals surface area contributed by atoms with E-state index in [-0.39, 0.29) is 5.91 Å². The second-order valence-corrected chi connectivity index (χ2v) is 6.57. The topological polar surface area (TPSA) is 55.4 Å². The molecule has 2 heterocycles. The van der Waals surface area contributed by atoms with E-state index in [1.807, 2.05) is 43.3 Å². The summed E-state index contributed by atoms with van der Waals surface area (Å²) in [6.07, 6.45) is 3.17. The van der Waals surface area contributed by atoms with Gasteiger partial charge in [0.25, 0.3) is 5.91 Å². The maximum absolute atomic E-state index is 12.7. The van der Waals surface area contributed by atoms with Crippen molar-refractivity contribution < 1.29 is 13.6 Å². The lowest BCUT2D eigenvalue weighted by atomic mass is 10.0. The van der Waals surface area contributed by atoms with E-state index in [0.717, 1.165) is 27.5 Å². The Labute approximate surface area is 155 Å². The highest BCUT2D eigenvalue weighted by Gasteiger charge is 2.20. The molecular formula is C21H16ClNO3. The molecule has 0 saturated carbocycles. The van der Waals surface area contributed by atoms with Gasteiger partial charge in [0.05, 0.1) is 12.5 Å². The van der Waals surface area contributed by atoms with E-state index in [1.54, 1.807) is 24.7 Å². The number of amides is 1. The third-order valence-electron chi connectivity index (χ3n) is 4.21. The van der Waals surface area contributed by atoms with Crippen molar-refractivity contribution in [2.75, 3.05) is 0 Å². The molecule has 0 aliphatic heterocycles. The molecule has 0 aliphatic rings. The Morgan fingerprint density at radius 2 is 1.88 bits per heavy atom. The lowest BCUT2D eigenvalue weighted by Crippen LogP contribution is -2.22. The van der Waals surface area contributed by atoms with Crippen LogP contribution in [0.4, 0.5) is 0 Å². The number of carbonyl (C=O) groups is 1. The highest BCUT2D eigenvalue weighted by molar-refractivity contribution is 6.30. The monoisotopic (exact) mass is 365 g/mol. The standard InChI is InChI=1S/C21H16ClNO3/c1-13-2-7-17-18(10-13)19(15-3-5-16(22)6-4-15)26-20(17)21(24)23-11-14-8-9-25-12-14/h2-10,12H,11H2,1H3,(H,23,24). The van der Waals surface area contributed by atoms with Crippen molar-refractivity contribution in [3.8, 4) is 11.3 Å². The average Bonchev–Trinajstić information content (AvgIpc) is 3.28. The average molecular weight is 366 g/mol. The lowest BCUT2D eigenvalue weighted by molar-refractivity contribution is 0.0926. The van der Waals surface area contributed by atoms with Gasteiger partial charge in [-0.05, 0) is 43.3 Å². The molecule has 0 bridgehead atoms. The minimum atomic E-state index is -0.264. The highest BCUT2D eigenvalue weighted by Crippen LogP contribution is 2.35. The molecule has 0 spiro atoms. The molecule has 2 aromatic carbocycles. The van der Waals surface area contributed by atoms with Crippen LogP contribution < -0.4 is 5.32 Å². The molecule has 0 atom stereocenters. The van der Waals surface area contributed by atoms with E-state index in [1.165, 1.54) is 0 Å². The van der Waals surface area contributed by atoms with E-state index < -0.39 is 0 Å². The van der Waals surface area contributed by atoms with E-state index >= 15 is 0 Å². The first kappa shape index (κ1) is 16.5. The van der Waals surface area contributed by atoms with Crippen LogP contribution in [0.25, 0.3) is 22.1 Å². The number of carbonyl (C=O) groups excluding carboxylic acids is 1. The summed E-state index contributed by atoms with van der Waals surface area (Å²) in [5, 5.41) is 5.21. The van der Waals surface area contributed by atoms with Gasteiger partial charge >= 0.3 is 0 Å². The number of hydrogen-bond acceptors (Lipinski definition) is 3. The predicted octanol–water partition coefficient (Wildman–Crippen LogP) is 5.58. The summed E-state index contributed by atoms with van der Waals surface area (Å²) in [6, 6.07) is 15.1. The number of hydrogen-bond donors (Lipinski definition) is 1. The molecule has 1 N–H and O–H groups in total. The number of furan rings is 2. The Hall–Kier alpha value is -2.98. The van der Waals surface area contributed by atoms with Gasteiger partial charge in [-0.1, -0.05) is 29.3 Å². The zero-order valence-electron chi connectivity index (χ0n) is 14.1. The van der Waals surface area contributed by atoms with E-state index in [4.69, 9.17) is 20.4 Å². The zero-order chi connectivity index (χ0) is 18.1. The predicted molar refractivity (Wildman–Crippen MR) is 101 cm³/mol. The molecule has 5 heteroatoms. The van der Waals surface area contributed by atoms with Gasteiger partial charge in [-0.15, -0.1) is 0 Å². The number of fused-ring (bicyclic) bond motifs is 1. The molecule has 4 rings (SSSR count). The molecule has 0 radical (unpaired) electrons. The fraction of sp³-hybridized carbons (Fsp3) is 0.0952. The second kappa shape index (κ2) is 6.73. The summed E-state index contributed by atoms with van der Waals surface area (Å²) < 4.78 is 11.0. The van der Waals surface area contributed by atoms with Crippen LogP contribution in [0.5, 0.6) is 0 Å². The molecule has 4 nitrogen and oxygen atoms in total. The lowest BCUT2D eigenvalue weighted by Gasteiger charge is -2.01. The number of halogens is 1. The minimum absolute atomic E-state index is 0.264. The summed E-state index contributed by atoms with van der Waals surface area (Å²) in [7, 11) is 0. The van der Waals surface area contributed by atoms with Crippen LogP contribution in [-0.4, -0.2) is 5.91 Å². The van der Waals surface area contributed by atoms with Crippen LogP contribution in [0.1, 0.15) is 21.7 Å². The summed E-state index contributed by atoms with van der Waals surface area (Å²) >= 11 is 5.99. The third-order valence-corrected chi connectivity index (χ3v) is 4.47. The van der Waals surface area contributed by atoms with Crippen molar-refractivity contribution >= 4 is 28.3 Å². The van der Waals surface area contributed by atoms with Gasteiger partial charge in [-0.2, -0.15) is 0 Å². The molecule has 0 saturated heterocycles. The van der Waals surface area contributed by atoms with E-state index in [9.17, 15) is 4.79 Å². The summed E-state index contributed by atoms with van der Waals surface area (Å²) in [5.74, 6) is 0.697. The van der Waals surface area contributed by atoms with Crippen LogP contribution in [0, 0.1) is 6.92 Å². The molecule has 26 heavy (non-hydrogen) atoms. The van der Waals surface area contributed by atoms with Gasteiger partial charge in [-0.25, -0.2) is 0 Å². The van der Waals surface area contributed by atoms with Gasteiger partial charge in [-0.3, -0.25) is 4.79 Å². The number of benzene rings is 2. The Kier molecular flexibility index (Phi) is 4.27. The van der Waals surface area contributed by atoms with Crippen molar-refractivity contribution in [2.24, 2.45) is 0 Å². The van der Waals surface area contributed by atoms with Crippen molar-refractivity contribution in [3.05, 3.63) is 83.0 Å². The van der Waals surface area contributed by atoms with Crippen molar-refractivity contribution in [1.82, 2.24) is 5.32 Å². The Bertz CT molecular complexity index is 1060. The van der Waals surface area contributed by atoms with E-state index in [2.05, 4.69) is 5.32 Å². The summed E-state index contributed by atoms with van der Waals surface area (Å²) in [4.78, 5) is 12.7. The van der Waals surface area contributed by atoms with Crippen molar-refractivity contribution in [2.45, 2.75) is 13.5 Å². The van der Waals surface area contributed by atoms with Gasteiger partial charge < -0.3 is 14.2 Å². The van der Waals surface area contributed by atoms with Gasteiger partial charge in [0.15, 0.2) is 5.76 Å². The number of nitrogens with one attached hydrogen (secondary N) is 1. The van der Waals surface area contributed by atoms with Gasteiger partial charge in [0, 0.05) is 33.5 Å². The first-order valence-corrected chi connectivity index (χ1v) is 8.58. The van der Waals surface area contributed by atoms with Crippen LogP contribution in [0.3, 0.4) is 0 Å². The molecule has 0 aliphatic carbocycles. The Balaban J connectivity index is 1.75. The number of aryl methyl sites for hydroxylation is 1. The Morgan fingerprint density at radius 3 is 2.62 bits per heavy atom. The number of rotatable bonds is 4. The molecule has 130 valence electrons. The largest absolute Gasteiger partial charge is 0.472 e. The van der Waals surface area contributed by atoms with Gasteiger partial charge in [0.2, 0.25) is 0 Å². The normalized spacial score (nSPS) is 11.0.